The topological polar surface area (TPSA) is 102 Å². The molecule has 0 aliphatic rings. The number of hydrogen-bond acceptors (Lipinski definition) is 7. The molecule has 2 rings (SSSR count). The van der Waals surface area contributed by atoms with Crippen LogP contribution in [0, 0.1) is 0 Å². The molecule has 1 aromatic carbocycles. The molecule has 0 unspecified atom stereocenters. The third-order valence-corrected chi connectivity index (χ3v) is 6.04. The van der Waals surface area contributed by atoms with Crippen molar-refractivity contribution in [3.05, 3.63) is 30.2 Å². The average Bonchev–Trinajstić information content (AvgIpc) is 3.01. The monoisotopic (exact) mass is 397 g/mol. The van der Waals surface area contributed by atoms with Gasteiger partial charge < -0.3 is 9.73 Å². The summed E-state index contributed by atoms with van der Waals surface area (Å²) in [5, 5.41) is 10.7. The van der Waals surface area contributed by atoms with Crippen molar-refractivity contribution in [3.8, 4) is 0 Å². The lowest BCUT2D eigenvalue weighted by atomic mass is 10.2. The van der Waals surface area contributed by atoms with Gasteiger partial charge >= 0.3 is 0 Å². The molecule has 0 saturated carbocycles. The van der Waals surface area contributed by atoms with Crippen molar-refractivity contribution >= 4 is 33.2 Å². The highest BCUT2D eigenvalue weighted by Crippen LogP contribution is 2.22. The minimum atomic E-state index is -3.60. The second kappa shape index (κ2) is 9.72. The van der Waals surface area contributed by atoms with E-state index in [1.807, 2.05) is 0 Å². The molecule has 1 N–H and O–H groups in total. The number of carbonyl (C=O) groups is 1. The van der Waals surface area contributed by atoms with E-state index in [9.17, 15) is 13.2 Å². The first-order valence-electron chi connectivity index (χ1n) is 8.46. The zero-order valence-electron chi connectivity index (χ0n) is 14.9. The smallest absolute Gasteiger partial charge is 0.276 e. The maximum atomic E-state index is 12.5. The summed E-state index contributed by atoms with van der Waals surface area (Å²) in [6.45, 7) is 3.55. The van der Waals surface area contributed by atoms with Crippen LogP contribution >= 0.6 is 11.8 Å². The fourth-order valence-electron chi connectivity index (χ4n) is 2.24. The number of benzene rings is 1. The SMILES string of the molecule is CCCCCCSc1nnc(CS(=O)(=O)c2ccc(NC(C)=O)cc2)o1. The predicted octanol–water partition coefficient (Wildman–Crippen LogP) is 3.67. The first kappa shape index (κ1) is 20.4. The van der Waals surface area contributed by atoms with Crippen LogP contribution in [0.2, 0.25) is 0 Å². The van der Waals surface area contributed by atoms with Crippen molar-refractivity contribution < 1.29 is 17.6 Å². The van der Waals surface area contributed by atoms with E-state index >= 15 is 0 Å². The van der Waals surface area contributed by atoms with Crippen LogP contribution in [0.5, 0.6) is 0 Å². The van der Waals surface area contributed by atoms with Crippen molar-refractivity contribution in [1.82, 2.24) is 10.2 Å². The van der Waals surface area contributed by atoms with E-state index in [0.717, 1.165) is 18.6 Å². The summed E-state index contributed by atoms with van der Waals surface area (Å²) in [6.07, 6.45) is 4.61. The molecule has 1 aromatic heterocycles. The Labute approximate surface area is 157 Å². The van der Waals surface area contributed by atoms with Gasteiger partial charge in [0.25, 0.3) is 5.22 Å². The van der Waals surface area contributed by atoms with E-state index in [1.54, 1.807) is 12.1 Å². The zero-order valence-corrected chi connectivity index (χ0v) is 16.5. The van der Waals surface area contributed by atoms with E-state index < -0.39 is 9.84 Å². The molecule has 7 nitrogen and oxygen atoms in total. The summed E-state index contributed by atoms with van der Waals surface area (Å²) >= 11 is 1.45. The molecule has 0 bridgehead atoms. The average molecular weight is 398 g/mol. The van der Waals surface area contributed by atoms with E-state index in [0.29, 0.717) is 10.9 Å². The van der Waals surface area contributed by atoms with Gasteiger partial charge in [-0.15, -0.1) is 10.2 Å². The standard InChI is InChI=1S/C17H23N3O4S2/c1-3-4-5-6-11-25-17-20-19-16(24-17)12-26(22,23)15-9-7-14(8-10-15)18-13(2)21/h7-10H,3-6,11-12H2,1-2H3,(H,18,21). The first-order valence-corrected chi connectivity index (χ1v) is 11.1. The fraction of sp³-hybridized carbons (Fsp3) is 0.471. The number of sulfone groups is 1. The van der Waals surface area contributed by atoms with Crippen molar-refractivity contribution in [2.45, 2.75) is 55.4 Å². The van der Waals surface area contributed by atoms with Gasteiger partial charge in [-0.25, -0.2) is 8.42 Å². The molecule has 0 atom stereocenters. The molecule has 2 aromatic rings. The molecular formula is C17H23N3O4S2. The van der Waals surface area contributed by atoms with Gasteiger partial charge in [0, 0.05) is 18.4 Å². The quantitative estimate of drug-likeness (QED) is 0.482. The van der Waals surface area contributed by atoms with E-state index in [-0.39, 0.29) is 22.4 Å². The molecule has 1 heterocycles. The lowest BCUT2D eigenvalue weighted by Gasteiger charge is -2.04. The van der Waals surface area contributed by atoms with Gasteiger partial charge in [0.15, 0.2) is 9.84 Å². The van der Waals surface area contributed by atoms with Crippen molar-refractivity contribution in [2.75, 3.05) is 11.1 Å². The highest BCUT2D eigenvalue weighted by Gasteiger charge is 2.20. The molecule has 0 fully saturated rings. The number of nitrogens with zero attached hydrogens (tertiary/aromatic N) is 2. The molecule has 142 valence electrons. The summed E-state index contributed by atoms with van der Waals surface area (Å²) < 4.78 is 30.3. The zero-order chi connectivity index (χ0) is 19.0. The fourth-order valence-corrected chi connectivity index (χ4v) is 4.17. The molecule has 0 spiro atoms. The third-order valence-electron chi connectivity index (χ3n) is 3.52. The molecule has 0 aliphatic carbocycles. The number of rotatable bonds is 10. The van der Waals surface area contributed by atoms with Crippen LogP contribution < -0.4 is 5.32 Å². The summed E-state index contributed by atoms with van der Waals surface area (Å²) in [5.74, 6) is 0.382. The Morgan fingerprint density at radius 3 is 2.54 bits per heavy atom. The van der Waals surface area contributed by atoms with Gasteiger partial charge in [0.1, 0.15) is 5.75 Å². The van der Waals surface area contributed by atoms with E-state index in [2.05, 4.69) is 22.4 Å². The summed E-state index contributed by atoms with van der Waals surface area (Å²) in [6, 6.07) is 5.97. The summed E-state index contributed by atoms with van der Waals surface area (Å²) in [7, 11) is -3.60. The van der Waals surface area contributed by atoms with Gasteiger partial charge in [-0.3, -0.25) is 4.79 Å². The van der Waals surface area contributed by atoms with Crippen molar-refractivity contribution in [1.29, 1.82) is 0 Å². The van der Waals surface area contributed by atoms with Crippen LogP contribution in [0.25, 0.3) is 0 Å². The minimum absolute atomic E-state index is 0.0759. The maximum absolute atomic E-state index is 12.5. The second-order valence-corrected chi connectivity index (χ2v) is 8.87. The van der Waals surface area contributed by atoms with Gasteiger partial charge in [0.05, 0.1) is 4.90 Å². The number of thioether (sulfide) groups is 1. The number of amides is 1. The molecule has 26 heavy (non-hydrogen) atoms. The molecule has 0 saturated heterocycles. The van der Waals surface area contributed by atoms with Gasteiger partial charge in [-0.2, -0.15) is 0 Å². The number of unbranched alkanes of at least 4 members (excludes halogenated alkanes) is 3. The van der Waals surface area contributed by atoms with Crippen LogP contribution in [0.4, 0.5) is 5.69 Å². The number of carbonyl (C=O) groups excluding carboxylic acids is 1. The lowest BCUT2D eigenvalue weighted by molar-refractivity contribution is -0.114. The third kappa shape index (κ3) is 6.45. The highest BCUT2D eigenvalue weighted by atomic mass is 32.2. The Kier molecular flexibility index (Phi) is 7.65. The predicted molar refractivity (Wildman–Crippen MR) is 101 cm³/mol. The maximum Gasteiger partial charge on any atom is 0.276 e. The van der Waals surface area contributed by atoms with E-state index in [1.165, 1.54) is 43.7 Å². The highest BCUT2D eigenvalue weighted by molar-refractivity contribution is 7.99. The van der Waals surface area contributed by atoms with Crippen LogP contribution in [0.15, 0.2) is 38.8 Å². The van der Waals surface area contributed by atoms with Gasteiger partial charge in [0.2, 0.25) is 11.8 Å². The number of anilines is 1. The van der Waals surface area contributed by atoms with Crippen LogP contribution in [0.1, 0.15) is 45.4 Å². The largest absolute Gasteiger partial charge is 0.415 e. The molecule has 9 heteroatoms. The molecule has 1 amide bonds. The normalized spacial score (nSPS) is 11.5. The van der Waals surface area contributed by atoms with Crippen molar-refractivity contribution in [3.63, 3.8) is 0 Å². The van der Waals surface area contributed by atoms with Gasteiger partial charge in [-0.05, 0) is 30.7 Å². The van der Waals surface area contributed by atoms with Crippen LogP contribution in [-0.2, 0) is 20.4 Å². The Morgan fingerprint density at radius 2 is 1.88 bits per heavy atom. The second-order valence-electron chi connectivity index (χ2n) is 5.84. The van der Waals surface area contributed by atoms with Gasteiger partial charge in [-0.1, -0.05) is 37.9 Å². The van der Waals surface area contributed by atoms with Crippen LogP contribution in [0.3, 0.4) is 0 Å². The summed E-state index contributed by atoms with van der Waals surface area (Å²) in [5.41, 5.74) is 0.538. The molecule has 0 radical (unpaired) electrons. The summed E-state index contributed by atoms with van der Waals surface area (Å²) in [4.78, 5) is 11.1. The number of nitrogens with one attached hydrogen (secondary N) is 1. The Morgan fingerprint density at radius 1 is 1.15 bits per heavy atom. The Balaban J connectivity index is 1.93. The lowest BCUT2D eigenvalue weighted by Crippen LogP contribution is -2.07. The Hall–Kier alpha value is -1.87. The molecule has 0 aliphatic heterocycles. The number of aromatic nitrogens is 2. The number of hydrogen-bond donors (Lipinski definition) is 1. The Bertz CT molecular complexity index is 817. The van der Waals surface area contributed by atoms with Crippen molar-refractivity contribution in [2.24, 2.45) is 0 Å². The first-order chi connectivity index (χ1) is 12.4. The van der Waals surface area contributed by atoms with Crippen LogP contribution in [-0.4, -0.2) is 30.3 Å². The van der Waals surface area contributed by atoms with E-state index in [4.69, 9.17) is 4.42 Å². The minimum Gasteiger partial charge on any atom is -0.415 e. The molecular weight excluding hydrogens is 374 g/mol.